The molecule has 0 saturated heterocycles. The minimum atomic E-state index is -1.12. The van der Waals surface area contributed by atoms with E-state index in [1.807, 2.05) is 19.9 Å². The largest absolute Gasteiger partial charge is 0.391 e. The van der Waals surface area contributed by atoms with Crippen molar-refractivity contribution in [2.45, 2.75) is 77.9 Å². The Kier molecular flexibility index (Phi) is 12.7. The number of nitrogens with one attached hydrogen (secondary N) is 2. The fourth-order valence-electron chi connectivity index (χ4n) is 5.33. The van der Waals surface area contributed by atoms with Crippen LogP contribution in [0, 0.1) is 24.5 Å². The second kappa shape index (κ2) is 16.2. The van der Waals surface area contributed by atoms with Crippen LogP contribution in [0.4, 0.5) is 8.78 Å². The number of hydrogen-bond acceptors (Lipinski definition) is 4. The smallest absolute Gasteiger partial charge is 0.253 e. The highest BCUT2D eigenvalue weighted by Crippen LogP contribution is 2.20. The number of aliphatic hydroxyl groups is 1. The zero-order valence-corrected chi connectivity index (χ0v) is 24.8. The number of aryl methyl sites for hydroxylation is 1. The Morgan fingerprint density at radius 2 is 1.67 bits per heavy atom. The highest BCUT2D eigenvalue weighted by atomic mass is 19.1. The fourth-order valence-corrected chi connectivity index (χ4v) is 5.33. The Labute approximate surface area is 247 Å². The summed E-state index contributed by atoms with van der Waals surface area (Å²) in [5, 5.41) is 16.7. The average Bonchev–Trinajstić information content (AvgIpc) is 3.44. The third-order valence-corrected chi connectivity index (χ3v) is 7.34. The molecule has 9 heteroatoms. The van der Waals surface area contributed by atoms with Gasteiger partial charge in [0.1, 0.15) is 11.6 Å². The maximum Gasteiger partial charge on any atom is 0.253 e. The van der Waals surface area contributed by atoms with Gasteiger partial charge in [-0.3, -0.25) is 14.4 Å². The van der Waals surface area contributed by atoms with Gasteiger partial charge in [-0.05, 0) is 92.8 Å². The summed E-state index contributed by atoms with van der Waals surface area (Å²) in [6, 6.07) is 7.09. The molecule has 3 amide bonds. The summed E-state index contributed by atoms with van der Waals surface area (Å²) in [5.74, 6) is -2.11. The van der Waals surface area contributed by atoms with Crippen molar-refractivity contribution in [2.75, 3.05) is 19.6 Å². The molecule has 3 rings (SSSR count). The summed E-state index contributed by atoms with van der Waals surface area (Å²) in [7, 11) is 0. The van der Waals surface area contributed by atoms with Crippen molar-refractivity contribution in [1.82, 2.24) is 15.5 Å². The number of benzene rings is 2. The van der Waals surface area contributed by atoms with Crippen molar-refractivity contribution >= 4 is 17.7 Å². The molecule has 7 nitrogen and oxygen atoms in total. The van der Waals surface area contributed by atoms with Crippen molar-refractivity contribution in [3.05, 3.63) is 82.4 Å². The number of rotatable bonds is 15. The van der Waals surface area contributed by atoms with Crippen molar-refractivity contribution < 1.29 is 28.3 Å². The topological polar surface area (TPSA) is 98.7 Å². The molecule has 228 valence electrons. The van der Waals surface area contributed by atoms with Gasteiger partial charge in [0.05, 0.1) is 12.1 Å². The molecule has 0 radical (unpaired) electrons. The molecule has 0 spiro atoms. The summed E-state index contributed by atoms with van der Waals surface area (Å²) in [6.07, 6.45) is 6.95. The zero-order chi connectivity index (χ0) is 30.6. The predicted octanol–water partition coefficient (Wildman–Crippen LogP) is 5.10. The van der Waals surface area contributed by atoms with E-state index in [1.165, 1.54) is 6.07 Å². The van der Waals surface area contributed by atoms with Crippen LogP contribution >= 0.6 is 0 Å². The van der Waals surface area contributed by atoms with Gasteiger partial charge in [0, 0.05) is 43.2 Å². The first-order valence-corrected chi connectivity index (χ1v) is 14.9. The molecular weight excluding hydrogens is 540 g/mol. The van der Waals surface area contributed by atoms with E-state index in [0.717, 1.165) is 49.4 Å². The van der Waals surface area contributed by atoms with E-state index in [2.05, 4.69) is 16.7 Å². The molecule has 42 heavy (non-hydrogen) atoms. The maximum atomic E-state index is 13.9. The molecule has 0 bridgehead atoms. The Morgan fingerprint density at radius 1 is 1.00 bits per heavy atom. The standard InChI is InChI=1S/C33H43F2N3O4/c1-4-12-38(13-5-2)33(42)26-15-22(3)14-25(20-26)32(41)37-29(18-24-16-27(34)21-28(35)17-24)30(39)10-11-36-31(40)19-23-8-6-7-9-23/h6,8,14-17,20-21,23,29-30,39H,4-5,7,9-13,18-19H2,1-3H3,(H,36,40)(H,37,41)/t23?,29-,30+/m1/s1. The van der Waals surface area contributed by atoms with Crippen LogP contribution in [-0.4, -0.2) is 59.5 Å². The second-order valence-electron chi connectivity index (χ2n) is 11.1. The number of allylic oxidation sites excluding steroid dienone is 2. The van der Waals surface area contributed by atoms with Crippen LogP contribution in [-0.2, 0) is 11.2 Å². The molecule has 3 N–H and O–H groups in total. The SMILES string of the molecule is CCCN(CCC)C(=O)c1cc(C)cc(C(=O)N[C@H](Cc2cc(F)cc(F)c2)[C@@H](O)CCNC(=O)CC2C=CCC2)c1. The van der Waals surface area contributed by atoms with Crippen molar-refractivity contribution in [1.29, 1.82) is 0 Å². The predicted molar refractivity (Wildman–Crippen MR) is 159 cm³/mol. The van der Waals surface area contributed by atoms with Gasteiger partial charge in [-0.1, -0.05) is 26.0 Å². The van der Waals surface area contributed by atoms with Crippen molar-refractivity contribution in [3.63, 3.8) is 0 Å². The van der Waals surface area contributed by atoms with Gasteiger partial charge in [0.2, 0.25) is 5.91 Å². The maximum absolute atomic E-state index is 13.9. The molecule has 2 aromatic carbocycles. The van der Waals surface area contributed by atoms with Gasteiger partial charge >= 0.3 is 0 Å². The lowest BCUT2D eigenvalue weighted by atomic mass is 9.97. The molecule has 0 heterocycles. The molecule has 1 aliphatic rings. The number of amides is 3. The molecule has 3 atom stereocenters. The van der Waals surface area contributed by atoms with E-state index >= 15 is 0 Å². The molecule has 0 fully saturated rings. The second-order valence-corrected chi connectivity index (χ2v) is 11.1. The van der Waals surface area contributed by atoms with Gasteiger partial charge in [-0.25, -0.2) is 8.78 Å². The summed E-state index contributed by atoms with van der Waals surface area (Å²) < 4.78 is 27.9. The van der Waals surface area contributed by atoms with E-state index < -0.39 is 29.7 Å². The minimum absolute atomic E-state index is 0.0409. The first kappa shape index (κ1) is 32.9. The number of carbonyl (C=O) groups excluding carboxylic acids is 3. The highest BCUT2D eigenvalue weighted by molar-refractivity contribution is 6.00. The Morgan fingerprint density at radius 3 is 2.29 bits per heavy atom. The Hall–Kier alpha value is -3.59. The molecule has 1 aliphatic carbocycles. The van der Waals surface area contributed by atoms with E-state index in [-0.39, 0.29) is 48.2 Å². The number of nitrogens with zero attached hydrogens (tertiary/aromatic N) is 1. The summed E-state index contributed by atoms with van der Waals surface area (Å²) in [5.41, 5.74) is 1.63. The number of hydrogen-bond donors (Lipinski definition) is 3. The lowest BCUT2D eigenvalue weighted by Gasteiger charge is -2.25. The molecule has 2 aromatic rings. The lowest BCUT2D eigenvalue weighted by Crippen LogP contribution is -2.46. The number of halogens is 2. The van der Waals surface area contributed by atoms with Crippen LogP contribution in [0.2, 0.25) is 0 Å². The van der Waals surface area contributed by atoms with E-state index in [0.29, 0.717) is 25.1 Å². The summed E-state index contributed by atoms with van der Waals surface area (Å²) in [4.78, 5) is 40.7. The first-order chi connectivity index (χ1) is 20.1. The zero-order valence-electron chi connectivity index (χ0n) is 24.8. The quantitative estimate of drug-likeness (QED) is 0.254. The van der Waals surface area contributed by atoms with Crippen LogP contribution in [0.3, 0.4) is 0 Å². The monoisotopic (exact) mass is 583 g/mol. The van der Waals surface area contributed by atoms with Gasteiger partial charge in [-0.2, -0.15) is 0 Å². The third-order valence-electron chi connectivity index (χ3n) is 7.34. The van der Waals surface area contributed by atoms with Crippen LogP contribution in [0.15, 0.2) is 48.6 Å². The van der Waals surface area contributed by atoms with Crippen LogP contribution in [0.5, 0.6) is 0 Å². The van der Waals surface area contributed by atoms with Crippen molar-refractivity contribution in [2.24, 2.45) is 5.92 Å². The molecule has 0 saturated carbocycles. The molecular formula is C33H43F2N3O4. The lowest BCUT2D eigenvalue weighted by molar-refractivity contribution is -0.121. The molecule has 1 unspecified atom stereocenters. The minimum Gasteiger partial charge on any atom is -0.391 e. The Bertz CT molecular complexity index is 1240. The highest BCUT2D eigenvalue weighted by Gasteiger charge is 2.25. The van der Waals surface area contributed by atoms with Crippen LogP contribution in [0.25, 0.3) is 0 Å². The van der Waals surface area contributed by atoms with E-state index in [9.17, 15) is 28.3 Å². The Balaban J connectivity index is 1.75. The van der Waals surface area contributed by atoms with Crippen molar-refractivity contribution in [3.8, 4) is 0 Å². The van der Waals surface area contributed by atoms with Crippen LogP contribution in [0.1, 0.15) is 84.2 Å². The first-order valence-electron chi connectivity index (χ1n) is 14.9. The van der Waals surface area contributed by atoms with E-state index in [1.54, 1.807) is 24.0 Å². The van der Waals surface area contributed by atoms with E-state index in [4.69, 9.17) is 0 Å². The summed E-state index contributed by atoms with van der Waals surface area (Å²) >= 11 is 0. The fraction of sp³-hybridized carbons (Fsp3) is 0.485. The normalized spacial score (nSPS) is 15.7. The summed E-state index contributed by atoms with van der Waals surface area (Å²) in [6.45, 7) is 7.18. The number of carbonyl (C=O) groups is 3. The molecule has 0 aliphatic heterocycles. The third kappa shape index (κ3) is 10.0. The average molecular weight is 584 g/mol. The van der Waals surface area contributed by atoms with Gasteiger partial charge < -0.3 is 20.6 Å². The van der Waals surface area contributed by atoms with Gasteiger partial charge in [0.25, 0.3) is 11.8 Å². The van der Waals surface area contributed by atoms with Gasteiger partial charge in [0.15, 0.2) is 0 Å². The molecule has 0 aromatic heterocycles. The number of aliphatic hydroxyl groups excluding tert-OH is 1. The van der Waals surface area contributed by atoms with Gasteiger partial charge in [-0.15, -0.1) is 0 Å². The van der Waals surface area contributed by atoms with Crippen LogP contribution < -0.4 is 10.6 Å².